The summed E-state index contributed by atoms with van der Waals surface area (Å²) in [5.41, 5.74) is 0.344. The fourth-order valence-electron chi connectivity index (χ4n) is 3.79. The quantitative estimate of drug-likeness (QED) is 0.670. The Bertz CT molecular complexity index is 1000. The Morgan fingerprint density at radius 2 is 1.48 bits per heavy atom. The minimum absolute atomic E-state index is 0.285. The smallest absolute Gasteiger partial charge is 0.332 e. The molecule has 4 rings (SSSR count). The molecule has 4 heterocycles. The van der Waals surface area contributed by atoms with E-state index in [1.807, 2.05) is 13.0 Å². The molecule has 0 N–H and O–H groups in total. The summed E-state index contributed by atoms with van der Waals surface area (Å²) in [6.45, 7) is 7.89. The predicted octanol–water partition coefficient (Wildman–Crippen LogP) is -0.654. The van der Waals surface area contributed by atoms with Crippen LogP contribution in [0.2, 0.25) is 0 Å². The highest BCUT2D eigenvalue weighted by atomic mass is 16.5. The van der Waals surface area contributed by atoms with Gasteiger partial charge in [0.15, 0.2) is 0 Å². The van der Waals surface area contributed by atoms with Crippen molar-refractivity contribution in [1.29, 1.82) is 0 Å². The van der Waals surface area contributed by atoms with Crippen LogP contribution in [0.1, 0.15) is 5.69 Å². The molecule has 0 spiro atoms. The summed E-state index contributed by atoms with van der Waals surface area (Å²) in [6.07, 6.45) is 0. The molecule has 29 heavy (non-hydrogen) atoms. The van der Waals surface area contributed by atoms with Crippen LogP contribution in [0, 0.1) is 6.92 Å². The lowest BCUT2D eigenvalue weighted by atomic mass is 10.3. The highest BCUT2D eigenvalue weighted by Gasteiger charge is 2.23. The Morgan fingerprint density at radius 3 is 2.17 bits per heavy atom. The number of nitrogens with zero attached hydrogens (tertiary/aromatic N) is 7. The van der Waals surface area contributed by atoms with Gasteiger partial charge in [0.05, 0.1) is 13.2 Å². The van der Waals surface area contributed by atoms with Gasteiger partial charge in [-0.2, -0.15) is 4.98 Å². The molecule has 2 fully saturated rings. The Balaban J connectivity index is 1.51. The topological polar surface area (TPSA) is 88.7 Å². The second-order valence-electron chi connectivity index (χ2n) is 7.48. The zero-order valence-corrected chi connectivity index (χ0v) is 17.2. The number of aromatic nitrogens is 4. The molecule has 2 aliphatic heterocycles. The van der Waals surface area contributed by atoms with Gasteiger partial charge in [-0.15, -0.1) is 0 Å². The minimum Gasteiger partial charge on any atom is -0.378 e. The average molecular weight is 401 g/mol. The summed E-state index contributed by atoms with van der Waals surface area (Å²) in [7, 11) is 3.20. The third-order valence-electron chi connectivity index (χ3n) is 5.55. The Labute approximate surface area is 169 Å². The molecule has 2 aliphatic rings. The van der Waals surface area contributed by atoms with E-state index in [0.717, 1.165) is 48.2 Å². The highest BCUT2D eigenvalue weighted by Crippen LogP contribution is 2.21. The first-order chi connectivity index (χ1) is 13.9. The van der Waals surface area contributed by atoms with E-state index >= 15 is 0 Å². The van der Waals surface area contributed by atoms with Crippen molar-refractivity contribution in [3.63, 3.8) is 0 Å². The van der Waals surface area contributed by atoms with Gasteiger partial charge in [0.25, 0.3) is 5.56 Å². The number of morpholine rings is 1. The van der Waals surface area contributed by atoms with Crippen LogP contribution in [-0.4, -0.2) is 71.6 Å². The van der Waals surface area contributed by atoms with Crippen molar-refractivity contribution in [2.24, 2.45) is 14.1 Å². The summed E-state index contributed by atoms with van der Waals surface area (Å²) in [5.74, 6) is 2.32. The molecule has 0 aromatic carbocycles. The summed E-state index contributed by atoms with van der Waals surface area (Å²) in [5, 5.41) is 0. The molecular weight excluding hydrogens is 374 g/mol. The third kappa shape index (κ3) is 3.84. The maximum Gasteiger partial charge on any atom is 0.332 e. The maximum absolute atomic E-state index is 12.2. The van der Waals surface area contributed by atoms with E-state index in [0.29, 0.717) is 32.1 Å². The van der Waals surface area contributed by atoms with Crippen LogP contribution in [0.15, 0.2) is 21.7 Å². The van der Waals surface area contributed by atoms with Gasteiger partial charge >= 0.3 is 5.69 Å². The molecule has 10 nitrogen and oxygen atoms in total. The predicted molar refractivity (Wildman–Crippen MR) is 111 cm³/mol. The van der Waals surface area contributed by atoms with Crippen LogP contribution in [0.25, 0.3) is 0 Å². The Kier molecular flexibility index (Phi) is 5.27. The van der Waals surface area contributed by atoms with Crippen molar-refractivity contribution in [1.82, 2.24) is 19.1 Å². The number of hydrogen-bond donors (Lipinski definition) is 0. The van der Waals surface area contributed by atoms with Crippen LogP contribution in [0.3, 0.4) is 0 Å². The molecule has 0 unspecified atom stereocenters. The minimum atomic E-state index is -0.309. The van der Waals surface area contributed by atoms with Crippen molar-refractivity contribution >= 4 is 17.6 Å². The van der Waals surface area contributed by atoms with E-state index in [2.05, 4.69) is 19.7 Å². The number of piperazine rings is 1. The first-order valence-corrected chi connectivity index (χ1v) is 9.89. The van der Waals surface area contributed by atoms with Gasteiger partial charge in [-0.1, -0.05) is 0 Å². The second kappa shape index (κ2) is 7.86. The van der Waals surface area contributed by atoms with Gasteiger partial charge < -0.3 is 19.4 Å². The van der Waals surface area contributed by atoms with Crippen molar-refractivity contribution < 1.29 is 4.74 Å². The standard InChI is InChI=1S/C19H27N7O3/c1-14-12-15(21-18(20-14)26-8-10-29-11-9-26)24-4-6-25(7-5-24)16-13-17(27)23(3)19(28)22(16)2/h12-13H,4-11H2,1-3H3. The number of aryl methyl sites for hydroxylation is 1. The molecule has 0 atom stereocenters. The summed E-state index contributed by atoms with van der Waals surface area (Å²) < 4.78 is 8.08. The van der Waals surface area contributed by atoms with Crippen molar-refractivity contribution in [3.8, 4) is 0 Å². The lowest BCUT2D eigenvalue weighted by Crippen LogP contribution is -2.49. The largest absolute Gasteiger partial charge is 0.378 e. The Morgan fingerprint density at radius 1 is 0.828 bits per heavy atom. The maximum atomic E-state index is 12.2. The van der Waals surface area contributed by atoms with Crippen molar-refractivity contribution in [3.05, 3.63) is 38.7 Å². The number of ether oxygens (including phenoxy) is 1. The van der Waals surface area contributed by atoms with Crippen LogP contribution < -0.4 is 25.9 Å². The fourth-order valence-corrected chi connectivity index (χ4v) is 3.79. The van der Waals surface area contributed by atoms with E-state index in [9.17, 15) is 9.59 Å². The lowest BCUT2D eigenvalue weighted by molar-refractivity contribution is 0.122. The van der Waals surface area contributed by atoms with Gasteiger partial charge in [0, 0.05) is 71.2 Å². The van der Waals surface area contributed by atoms with Crippen LogP contribution >= 0.6 is 0 Å². The first-order valence-electron chi connectivity index (χ1n) is 9.89. The monoisotopic (exact) mass is 401 g/mol. The van der Waals surface area contributed by atoms with E-state index in [1.54, 1.807) is 7.05 Å². The van der Waals surface area contributed by atoms with Gasteiger partial charge in [-0.25, -0.2) is 9.78 Å². The lowest BCUT2D eigenvalue weighted by Gasteiger charge is -2.37. The van der Waals surface area contributed by atoms with Crippen LogP contribution in [-0.2, 0) is 18.8 Å². The van der Waals surface area contributed by atoms with Gasteiger partial charge in [0.1, 0.15) is 11.6 Å². The van der Waals surface area contributed by atoms with Gasteiger partial charge in [-0.3, -0.25) is 13.9 Å². The summed E-state index contributed by atoms with van der Waals surface area (Å²) in [6, 6.07) is 3.54. The average Bonchev–Trinajstić information content (AvgIpc) is 2.75. The molecule has 0 radical (unpaired) electrons. The highest BCUT2D eigenvalue weighted by molar-refractivity contribution is 5.49. The molecule has 2 aromatic heterocycles. The zero-order valence-electron chi connectivity index (χ0n) is 17.2. The molecule has 2 aromatic rings. The van der Waals surface area contributed by atoms with Crippen molar-refractivity contribution in [2.75, 3.05) is 67.2 Å². The molecule has 0 saturated carbocycles. The SMILES string of the molecule is Cc1cc(N2CCN(c3cc(=O)n(C)c(=O)n3C)CC2)nc(N2CCOCC2)n1. The summed E-state index contributed by atoms with van der Waals surface area (Å²) in [4.78, 5) is 40.1. The van der Waals surface area contributed by atoms with E-state index in [4.69, 9.17) is 9.72 Å². The first kappa shape index (κ1) is 19.4. The van der Waals surface area contributed by atoms with Gasteiger partial charge in [-0.05, 0) is 6.92 Å². The number of anilines is 3. The normalized spacial score (nSPS) is 17.7. The van der Waals surface area contributed by atoms with Gasteiger partial charge in [0.2, 0.25) is 5.95 Å². The fraction of sp³-hybridized carbons (Fsp3) is 0.579. The van der Waals surface area contributed by atoms with Crippen molar-refractivity contribution in [2.45, 2.75) is 6.92 Å². The van der Waals surface area contributed by atoms with E-state index in [-0.39, 0.29) is 11.2 Å². The Hall–Kier alpha value is -2.88. The molecule has 0 aliphatic carbocycles. The molecule has 0 amide bonds. The summed E-state index contributed by atoms with van der Waals surface area (Å²) >= 11 is 0. The molecule has 10 heteroatoms. The molecule has 156 valence electrons. The number of rotatable bonds is 3. The molecular formula is C19H27N7O3. The van der Waals surface area contributed by atoms with E-state index < -0.39 is 0 Å². The van der Waals surface area contributed by atoms with Crippen LogP contribution in [0.4, 0.5) is 17.6 Å². The molecule has 0 bridgehead atoms. The molecule has 2 saturated heterocycles. The van der Waals surface area contributed by atoms with Crippen LogP contribution in [0.5, 0.6) is 0 Å². The zero-order chi connectivity index (χ0) is 20.5. The van der Waals surface area contributed by atoms with E-state index in [1.165, 1.54) is 17.7 Å². The number of hydrogen-bond acceptors (Lipinski definition) is 8. The second-order valence-corrected chi connectivity index (χ2v) is 7.48. The third-order valence-corrected chi connectivity index (χ3v) is 5.55.